The van der Waals surface area contributed by atoms with Crippen molar-refractivity contribution in [1.82, 2.24) is 4.98 Å². The third kappa shape index (κ3) is 2.15. The zero-order valence-corrected chi connectivity index (χ0v) is 8.88. The van der Waals surface area contributed by atoms with Crippen molar-refractivity contribution >= 4 is 10.9 Å². The Morgan fingerprint density at radius 1 is 1.29 bits per heavy atom. The molecule has 0 aliphatic heterocycles. The van der Waals surface area contributed by atoms with Gasteiger partial charge in [0.2, 0.25) is 0 Å². The molecule has 0 aliphatic carbocycles. The summed E-state index contributed by atoms with van der Waals surface area (Å²) in [4.78, 5) is 3.22. The number of H-pyrrole nitrogens is 1. The Labute approximate surface area is 88.1 Å². The first-order valence-electron chi connectivity index (χ1n) is 5.17. The molecular formula is C12H22N2. The molecule has 0 saturated heterocycles. The van der Waals surface area contributed by atoms with Gasteiger partial charge in [-0.1, -0.05) is 32.0 Å². The number of para-hydroxylation sites is 1. The van der Waals surface area contributed by atoms with Crippen LogP contribution in [-0.2, 0) is 6.42 Å². The molecule has 0 radical (unpaired) electrons. The molecule has 1 heterocycles. The Morgan fingerprint density at radius 2 is 2.00 bits per heavy atom. The number of nitrogens with two attached hydrogens (primary N) is 1. The van der Waals surface area contributed by atoms with Crippen molar-refractivity contribution < 1.29 is 2.85 Å². The minimum atomic E-state index is 0. The summed E-state index contributed by atoms with van der Waals surface area (Å²) in [6, 6.07) is 8.29. The summed E-state index contributed by atoms with van der Waals surface area (Å²) in [6.07, 6.45) is 2.99. The Morgan fingerprint density at radius 3 is 2.71 bits per heavy atom. The molecule has 1 aromatic carbocycles. The molecule has 2 aromatic rings. The standard InChI is InChI=1S/C10H12N2.C2H6.2H2/c11-6-5-8-7-12-10-4-2-1-3-9(8)10;1-2;;/h1-4,7,12H,5-6,11H2;1-2H3;2*1H. The lowest BCUT2D eigenvalue weighted by Crippen LogP contribution is -2.01. The molecule has 2 nitrogen and oxygen atoms in total. The van der Waals surface area contributed by atoms with Gasteiger partial charge in [-0.2, -0.15) is 0 Å². The first kappa shape index (κ1) is 10.8. The maximum absolute atomic E-state index is 5.50. The van der Waals surface area contributed by atoms with Crippen LogP contribution in [0.25, 0.3) is 10.9 Å². The second kappa shape index (κ2) is 5.45. The van der Waals surface area contributed by atoms with Crippen LogP contribution in [0.1, 0.15) is 22.3 Å². The van der Waals surface area contributed by atoms with Crippen LogP contribution in [0.4, 0.5) is 0 Å². The molecule has 0 fully saturated rings. The van der Waals surface area contributed by atoms with Gasteiger partial charge < -0.3 is 10.7 Å². The van der Waals surface area contributed by atoms with E-state index in [1.165, 1.54) is 16.5 Å². The van der Waals surface area contributed by atoms with E-state index in [4.69, 9.17) is 5.73 Å². The van der Waals surface area contributed by atoms with Crippen molar-refractivity contribution in [3.05, 3.63) is 36.0 Å². The van der Waals surface area contributed by atoms with Crippen LogP contribution >= 0.6 is 0 Å². The van der Waals surface area contributed by atoms with Crippen LogP contribution in [0.5, 0.6) is 0 Å². The van der Waals surface area contributed by atoms with Crippen molar-refractivity contribution in [2.75, 3.05) is 6.54 Å². The smallest absolute Gasteiger partial charge is 0.0456 e. The molecular weight excluding hydrogens is 172 g/mol. The van der Waals surface area contributed by atoms with Gasteiger partial charge in [-0.15, -0.1) is 0 Å². The summed E-state index contributed by atoms with van der Waals surface area (Å²) in [7, 11) is 0. The normalized spacial score (nSPS) is 9.64. The molecule has 0 bridgehead atoms. The number of hydrogen-bond acceptors (Lipinski definition) is 1. The first-order chi connectivity index (χ1) is 6.92. The third-order valence-corrected chi connectivity index (χ3v) is 2.09. The van der Waals surface area contributed by atoms with Gasteiger partial charge >= 0.3 is 0 Å². The molecule has 1 aromatic heterocycles. The van der Waals surface area contributed by atoms with Gasteiger partial charge in [0.15, 0.2) is 0 Å². The van der Waals surface area contributed by atoms with Crippen LogP contribution in [0.3, 0.4) is 0 Å². The van der Waals surface area contributed by atoms with Crippen molar-refractivity contribution in [1.29, 1.82) is 0 Å². The zero-order chi connectivity index (χ0) is 10.4. The number of benzene rings is 1. The van der Waals surface area contributed by atoms with Gasteiger partial charge in [0.1, 0.15) is 0 Å². The van der Waals surface area contributed by atoms with Gasteiger partial charge in [-0.3, -0.25) is 0 Å². The molecule has 0 spiro atoms. The summed E-state index contributed by atoms with van der Waals surface area (Å²) in [5.41, 5.74) is 8.01. The average molecular weight is 194 g/mol. The van der Waals surface area contributed by atoms with Crippen molar-refractivity contribution in [2.24, 2.45) is 5.73 Å². The molecule has 3 N–H and O–H groups in total. The molecule has 2 rings (SSSR count). The Kier molecular flexibility index (Phi) is 4.20. The fraction of sp³-hybridized carbons (Fsp3) is 0.333. The highest BCUT2D eigenvalue weighted by Crippen LogP contribution is 2.17. The van der Waals surface area contributed by atoms with Crippen LogP contribution < -0.4 is 5.73 Å². The number of nitrogens with one attached hydrogen (secondary N) is 1. The van der Waals surface area contributed by atoms with E-state index in [1.54, 1.807) is 0 Å². The Hall–Kier alpha value is -1.28. The van der Waals surface area contributed by atoms with Gasteiger partial charge in [-0.05, 0) is 24.6 Å². The van der Waals surface area contributed by atoms with Gasteiger partial charge in [0.25, 0.3) is 0 Å². The molecule has 2 heteroatoms. The molecule has 0 aliphatic rings. The second-order valence-electron chi connectivity index (χ2n) is 2.90. The molecule has 0 amide bonds. The fourth-order valence-electron chi connectivity index (χ4n) is 1.49. The van der Waals surface area contributed by atoms with Crippen LogP contribution in [0.15, 0.2) is 30.5 Å². The highest BCUT2D eigenvalue weighted by Gasteiger charge is 1.99. The highest BCUT2D eigenvalue weighted by molar-refractivity contribution is 5.82. The van der Waals surface area contributed by atoms with Crippen molar-refractivity contribution in [3.8, 4) is 0 Å². The van der Waals surface area contributed by atoms with Gasteiger partial charge in [0.05, 0.1) is 0 Å². The quantitative estimate of drug-likeness (QED) is 0.757. The zero-order valence-electron chi connectivity index (χ0n) is 8.88. The average Bonchev–Trinajstić information content (AvgIpc) is 2.66. The topological polar surface area (TPSA) is 41.8 Å². The summed E-state index contributed by atoms with van der Waals surface area (Å²) in [5.74, 6) is 0. The lowest BCUT2D eigenvalue weighted by Gasteiger charge is -1.93. The molecule has 0 saturated carbocycles. The van der Waals surface area contributed by atoms with E-state index in [0.29, 0.717) is 6.54 Å². The summed E-state index contributed by atoms with van der Waals surface area (Å²) < 4.78 is 0. The highest BCUT2D eigenvalue weighted by atomic mass is 14.7. The molecule has 14 heavy (non-hydrogen) atoms. The number of aromatic nitrogens is 1. The monoisotopic (exact) mass is 194 g/mol. The third-order valence-electron chi connectivity index (χ3n) is 2.09. The second-order valence-corrected chi connectivity index (χ2v) is 2.90. The minimum Gasteiger partial charge on any atom is -0.361 e. The maximum Gasteiger partial charge on any atom is 0.0456 e. The summed E-state index contributed by atoms with van der Waals surface area (Å²) in [5, 5.41) is 1.29. The number of hydrogen-bond donors (Lipinski definition) is 2. The molecule has 0 unspecified atom stereocenters. The lowest BCUT2D eigenvalue weighted by molar-refractivity contribution is 0.976. The molecule has 80 valence electrons. The van der Waals surface area contributed by atoms with E-state index >= 15 is 0 Å². The number of aromatic amines is 1. The van der Waals surface area contributed by atoms with E-state index < -0.39 is 0 Å². The predicted molar refractivity (Wildman–Crippen MR) is 66.6 cm³/mol. The SMILES string of the molecule is CC.NCCc1c[nH]c2ccccc12.[HH].[HH]. The van der Waals surface area contributed by atoms with Crippen LogP contribution in [0, 0.1) is 0 Å². The van der Waals surface area contributed by atoms with E-state index in [1.807, 2.05) is 26.1 Å². The maximum atomic E-state index is 5.50. The van der Waals surface area contributed by atoms with E-state index in [9.17, 15) is 0 Å². The molecule has 0 atom stereocenters. The van der Waals surface area contributed by atoms with Gasteiger partial charge in [-0.25, -0.2) is 0 Å². The lowest BCUT2D eigenvalue weighted by atomic mass is 10.1. The minimum absolute atomic E-state index is 0. The van der Waals surface area contributed by atoms with Crippen LogP contribution in [-0.4, -0.2) is 11.5 Å². The largest absolute Gasteiger partial charge is 0.361 e. The van der Waals surface area contributed by atoms with E-state index in [2.05, 4.69) is 23.2 Å². The van der Waals surface area contributed by atoms with Crippen LogP contribution in [0.2, 0.25) is 0 Å². The Balaban J connectivity index is 0. The first-order valence-corrected chi connectivity index (χ1v) is 5.17. The number of rotatable bonds is 2. The van der Waals surface area contributed by atoms with E-state index in [0.717, 1.165) is 6.42 Å². The number of fused-ring (bicyclic) bond motifs is 1. The fourth-order valence-corrected chi connectivity index (χ4v) is 1.49. The Bertz CT molecular complexity index is 385. The summed E-state index contributed by atoms with van der Waals surface area (Å²) >= 11 is 0. The summed E-state index contributed by atoms with van der Waals surface area (Å²) in [6.45, 7) is 4.71. The van der Waals surface area contributed by atoms with Crippen molar-refractivity contribution in [2.45, 2.75) is 20.3 Å². The van der Waals surface area contributed by atoms with Crippen molar-refractivity contribution in [3.63, 3.8) is 0 Å². The van der Waals surface area contributed by atoms with E-state index in [-0.39, 0.29) is 2.85 Å². The predicted octanol–water partition coefficient (Wildman–Crippen LogP) is 3.19. The van der Waals surface area contributed by atoms with Gasteiger partial charge in [0, 0.05) is 20.0 Å².